The molecule has 0 bridgehead atoms. The van der Waals surface area contributed by atoms with E-state index in [2.05, 4.69) is 0 Å². The van der Waals surface area contributed by atoms with E-state index in [0.29, 0.717) is 5.56 Å². The molecule has 1 atom stereocenters. The fraction of sp³-hybridized carbons (Fsp3) is 0.500. The lowest BCUT2D eigenvalue weighted by atomic mass is 9.66. The maximum Gasteiger partial charge on any atom is 0.466 e. The zero-order valence-electron chi connectivity index (χ0n) is 13.7. The van der Waals surface area contributed by atoms with Crippen LogP contribution in [0, 0.1) is 0 Å². The third-order valence-electron chi connectivity index (χ3n) is 4.58. The number of hydrogen-bond donors (Lipinski definition) is 2. The molecule has 0 aromatic heterocycles. The van der Waals surface area contributed by atoms with Gasteiger partial charge < -0.3 is 19.5 Å². The standard InChI is InChI=1S/C16H21BO6/c1-15(2)16(3,4)23-17(22-15)12(9-13(18)19)10-5-7-11(8-6-10)14(20)21/h5-8,12H,9H2,1-4H3,(H,18,19)(H,20,21). The van der Waals surface area contributed by atoms with Crippen LogP contribution in [0.5, 0.6) is 0 Å². The van der Waals surface area contributed by atoms with Gasteiger partial charge in [0, 0.05) is 5.82 Å². The third kappa shape index (κ3) is 3.56. The van der Waals surface area contributed by atoms with Crippen LogP contribution in [-0.4, -0.2) is 40.5 Å². The lowest BCUT2D eigenvalue weighted by molar-refractivity contribution is -0.137. The van der Waals surface area contributed by atoms with Crippen molar-refractivity contribution in [3.8, 4) is 0 Å². The van der Waals surface area contributed by atoms with Gasteiger partial charge in [0.2, 0.25) is 0 Å². The molecular formula is C16H21BO6. The van der Waals surface area contributed by atoms with Gasteiger partial charge in [0.1, 0.15) is 0 Å². The van der Waals surface area contributed by atoms with Crippen molar-refractivity contribution in [1.82, 2.24) is 0 Å². The Hall–Kier alpha value is -1.86. The normalized spacial score (nSPS) is 20.3. The van der Waals surface area contributed by atoms with Crippen molar-refractivity contribution < 1.29 is 29.1 Å². The van der Waals surface area contributed by atoms with Gasteiger partial charge in [-0.25, -0.2) is 4.79 Å². The van der Waals surface area contributed by atoms with Gasteiger partial charge in [0.05, 0.1) is 23.2 Å². The van der Waals surface area contributed by atoms with Gasteiger partial charge in [-0.3, -0.25) is 4.79 Å². The molecular weight excluding hydrogens is 299 g/mol. The minimum absolute atomic E-state index is 0.150. The second-order valence-electron chi connectivity index (χ2n) is 6.76. The maximum atomic E-state index is 11.2. The first-order valence-electron chi connectivity index (χ1n) is 7.44. The van der Waals surface area contributed by atoms with Crippen molar-refractivity contribution in [2.75, 3.05) is 0 Å². The maximum absolute atomic E-state index is 11.2. The third-order valence-corrected chi connectivity index (χ3v) is 4.58. The Balaban J connectivity index is 2.31. The second kappa shape index (κ2) is 5.98. The number of hydrogen-bond acceptors (Lipinski definition) is 4. The average molecular weight is 320 g/mol. The molecule has 0 aliphatic carbocycles. The van der Waals surface area contributed by atoms with E-state index in [1.807, 2.05) is 27.7 Å². The summed E-state index contributed by atoms with van der Waals surface area (Å²) in [7, 11) is -0.702. The molecule has 0 amide bonds. The Bertz CT molecular complexity index is 592. The summed E-state index contributed by atoms with van der Waals surface area (Å²) in [6, 6.07) is 6.14. The number of carboxylic acid groups (broad SMARTS) is 2. The quantitative estimate of drug-likeness (QED) is 0.810. The van der Waals surface area contributed by atoms with Gasteiger partial charge in [-0.05, 0) is 45.4 Å². The summed E-state index contributed by atoms with van der Waals surface area (Å²) in [5.41, 5.74) is -0.294. The van der Waals surface area contributed by atoms with Gasteiger partial charge in [-0.15, -0.1) is 0 Å². The van der Waals surface area contributed by atoms with Crippen molar-refractivity contribution in [2.45, 2.75) is 51.1 Å². The molecule has 7 heteroatoms. The molecule has 124 valence electrons. The van der Waals surface area contributed by atoms with E-state index in [1.54, 1.807) is 12.1 Å². The first-order chi connectivity index (χ1) is 10.5. The number of carboxylic acids is 2. The summed E-state index contributed by atoms with van der Waals surface area (Å²) < 4.78 is 11.9. The largest absolute Gasteiger partial charge is 0.481 e. The van der Waals surface area contributed by atoms with Crippen molar-refractivity contribution in [2.24, 2.45) is 0 Å². The molecule has 1 aliphatic heterocycles. The van der Waals surface area contributed by atoms with E-state index in [0.717, 1.165) is 0 Å². The van der Waals surface area contributed by atoms with Crippen molar-refractivity contribution in [3.05, 3.63) is 35.4 Å². The molecule has 2 rings (SSSR count). The number of benzene rings is 1. The molecule has 1 saturated heterocycles. The summed E-state index contributed by atoms with van der Waals surface area (Å²) >= 11 is 0. The first-order valence-corrected chi connectivity index (χ1v) is 7.44. The molecule has 6 nitrogen and oxygen atoms in total. The summed E-state index contributed by atoms with van der Waals surface area (Å²) in [5.74, 6) is -2.51. The number of aliphatic carboxylic acids is 1. The lowest BCUT2D eigenvalue weighted by Crippen LogP contribution is -2.41. The SMILES string of the molecule is CC1(C)OB(C(CC(=O)O)c2ccc(C(=O)O)cc2)OC1(C)C. The van der Waals surface area contributed by atoms with Crippen LogP contribution < -0.4 is 0 Å². The Morgan fingerprint density at radius 1 is 1.04 bits per heavy atom. The van der Waals surface area contributed by atoms with Gasteiger partial charge in [0.15, 0.2) is 0 Å². The van der Waals surface area contributed by atoms with Gasteiger partial charge in [0.25, 0.3) is 0 Å². The predicted octanol–water partition coefficient (Wildman–Crippen LogP) is 2.57. The zero-order valence-corrected chi connectivity index (χ0v) is 13.7. The molecule has 1 fully saturated rings. The van der Waals surface area contributed by atoms with E-state index in [1.165, 1.54) is 12.1 Å². The van der Waals surface area contributed by atoms with E-state index in [9.17, 15) is 14.7 Å². The van der Waals surface area contributed by atoms with E-state index in [-0.39, 0.29) is 12.0 Å². The minimum Gasteiger partial charge on any atom is -0.481 e. The highest BCUT2D eigenvalue weighted by atomic mass is 16.7. The Labute approximate surface area is 135 Å². The molecule has 1 aliphatic rings. The highest BCUT2D eigenvalue weighted by Gasteiger charge is 2.54. The van der Waals surface area contributed by atoms with Crippen LogP contribution in [0.25, 0.3) is 0 Å². The van der Waals surface area contributed by atoms with Crippen molar-refractivity contribution in [3.63, 3.8) is 0 Å². The minimum atomic E-state index is -1.03. The first kappa shape index (κ1) is 17.5. The van der Waals surface area contributed by atoms with Crippen LogP contribution in [0.15, 0.2) is 24.3 Å². The number of aromatic carboxylic acids is 1. The van der Waals surface area contributed by atoms with Crippen LogP contribution in [0.4, 0.5) is 0 Å². The molecule has 0 radical (unpaired) electrons. The van der Waals surface area contributed by atoms with Crippen molar-refractivity contribution in [1.29, 1.82) is 0 Å². The topological polar surface area (TPSA) is 93.1 Å². The van der Waals surface area contributed by atoms with Gasteiger partial charge in [-0.2, -0.15) is 0 Å². The van der Waals surface area contributed by atoms with Gasteiger partial charge >= 0.3 is 19.1 Å². The predicted molar refractivity (Wildman–Crippen MR) is 84.5 cm³/mol. The molecule has 1 aromatic rings. The number of carbonyl (C=O) groups is 2. The highest BCUT2D eigenvalue weighted by molar-refractivity contribution is 6.48. The fourth-order valence-corrected chi connectivity index (χ4v) is 2.49. The molecule has 1 aromatic carbocycles. The van der Waals surface area contributed by atoms with Crippen LogP contribution in [0.3, 0.4) is 0 Å². The molecule has 23 heavy (non-hydrogen) atoms. The van der Waals surface area contributed by atoms with E-state index >= 15 is 0 Å². The molecule has 1 unspecified atom stereocenters. The Kier molecular flexibility index (Phi) is 4.55. The monoisotopic (exact) mass is 320 g/mol. The molecule has 0 spiro atoms. The zero-order chi connectivity index (χ0) is 17.4. The van der Waals surface area contributed by atoms with Crippen LogP contribution in [0.1, 0.15) is 55.9 Å². The number of rotatable bonds is 5. The molecule has 1 heterocycles. The Morgan fingerprint density at radius 3 is 1.91 bits per heavy atom. The second-order valence-corrected chi connectivity index (χ2v) is 6.76. The summed E-state index contributed by atoms with van der Waals surface area (Å²) in [4.78, 5) is 22.2. The van der Waals surface area contributed by atoms with Crippen LogP contribution >= 0.6 is 0 Å². The van der Waals surface area contributed by atoms with E-state index in [4.69, 9.17) is 14.4 Å². The summed E-state index contributed by atoms with van der Waals surface area (Å²) in [5, 5.41) is 18.2. The van der Waals surface area contributed by atoms with E-state index < -0.39 is 36.1 Å². The smallest absolute Gasteiger partial charge is 0.466 e. The molecule has 0 saturated carbocycles. The highest BCUT2D eigenvalue weighted by Crippen LogP contribution is 2.41. The van der Waals surface area contributed by atoms with Crippen LogP contribution in [-0.2, 0) is 14.1 Å². The summed E-state index contributed by atoms with van der Waals surface area (Å²) in [6.45, 7) is 7.60. The average Bonchev–Trinajstić information content (AvgIpc) is 2.64. The van der Waals surface area contributed by atoms with Crippen LogP contribution in [0.2, 0.25) is 0 Å². The Morgan fingerprint density at radius 2 is 1.52 bits per heavy atom. The fourth-order valence-electron chi connectivity index (χ4n) is 2.49. The molecule has 2 N–H and O–H groups in total. The lowest BCUT2D eigenvalue weighted by Gasteiger charge is -2.32. The van der Waals surface area contributed by atoms with Crippen molar-refractivity contribution >= 4 is 19.1 Å². The summed E-state index contributed by atoms with van der Waals surface area (Å²) in [6.07, 6.45) is -0.163. The van der Waals surface area contributed by atoms with Gasteiger partial charge in [-0.1, -0.05) is 12.1 Å².